The summed E-state index contributed by atoms with van der Waals surface area (Å²) in [4.78, 5) is 8.89. The predicted molar refractivity (Wildman–Crippen MR) is 64.3 cm³/mol. The molecule has 1 fully saturated rings. The molecule has 1 aliphatic heterocycles. The first-order valence-electron chi connectivity index (χ1n) is 5.93. The summed E-state index contributed by atoms with van der Waals surface area (Å²) in [6.07, 6.45) is 9.36. The van der Waals surface area contributed by atoms with E-state index in [9.17, 15) is 0 Å². The Labute approximate surface area is 99.7 Å². The lowest BCUT2D eigenvalue weighted by Gasteiger charge is -2.09. The molecule has 1 atom stereocenters. The van der Waals surface area contributed by atoms with Crippen LogP contribution in [0.5, 0.6) is 0 Å². The van der Waals surface area contributed by atoms with Gasteiger partial charge in [-0.3, -0.25) is 15.1 Å². The number of hydrogen-bond donors (Lipinski definition) is 2. The Bertz CT molecular complexity index is 473. The first-order valence-corrected chi connectivity index (χ1v) is 5.93. The van der Waals surface area contributed by atoms with Gasteiger partial charge in [0.25, 0.3) is 0 Å². The van der Waals surface area contributed by atoms with Crippen LogP contribution in [-0.4, -0.2) is 33.3 Å². The molecule has 5 heteroatoms. The summed E-state index contributed by atoms with van der Waals surface area (Å²) < 4.78 is 0. The first-order chi connectivity index (χ1) is 8.43. The summed E-state index contributed by atoms with van der Waals surface area (Å²) in [6, 6.07) is 0. The minimum absolute atomic E-state index is 0.678. The van der Waals surface area contributed by atoms with Crippen molar-refractivity contribution < 1.29 is 0 Å². The first kappa shape index (κ1) is 10.4. The third-order valence-corrected chi connectivity index (χ3v) is 3.19. The van der Waals surface area contributed by atoms with Crippen LogP contribution in [-0.2, 0) is 6.42 Å². The normalized spacial score (nSPS) is 19.6. The molecule has 3 heterocycles. The molecule has 2 aromatic heterocycles. The molecule has 5 nitrogen and oxygen atoms in total. The fraction of sp³-hybridized carbons (Fsp3) is 0.417. The molecule has 0 saturated carbocycles. The second-order valence-electron chi connectivity index (χ2n) is 4.40. The number of nitrogens with zero attached hydrogens (tertiary/aromatic N) is 3. The molecule has 1 aliphatic rings. The van der Waals surface area contributed by atoms with Crippen LogP contribution in [0.1, 0.15) is 12.1 Å². The van der Waals surface area contributed by atoms with E-state index < -0.39 is 0 Å². The van der Waals surface area contributed by atoms with Crippen LogP contribution in [0.3, 0.4) is 0 Å². The molecule has 2 aromatic rings. The highest BCUT2D eigenvalue weighted by Crippen LogP contribution is 2.22. The largest absolute Gasteiger partial charge is 0.316 e. The Hall–Kier alpha value is -1.75. The van der Waals surface area contributed by atoms with Gasteiger partial charge in [0, 0.05) is 24.2 Å². The average molecular weight is 229 g/mol. The van der Waals surface area contributed by atoms with E-state index in [1.54, 1.807) is 18.6 Å². The molecule has 2 N–H and O–H groups in total. The molecular weight excluding hydrogens is 214 g/mol. The van der Waals surface area contributed by atoms with E-state index in [-0.39, 0.29) is 0 Å². The van der Waals surface area contributed by atoms with Crippen LogP contribution in [0.15, 0.2) is 24.8 Å². The summed E-state index contributed by atoms with van der Waals surface area (Å²) in [6.45, 7) is 2.20. The summed E-state index contributed by atoms with van der Waals surface area (Å²) in [5.41, 5.74) is 3.04. The number of H-pyrrole nitrogens is 1. The minimum atomic E-state index is 0.678. The number of aromatic nitrogens is 4. The van der Waals surface area contributed by atoms with Crippen molar-refractivity contribution in [3.8, 4) is 11.3 Å². The fourth-order valence-corrected chi connectivity index (χ4v) is 2.30. The zero-order chi connectivity index (χ0) is 11.5. The summed E-state index contributed by atoms with van der Waals surface area (Å²) in [5.74, 6) is 0.678. The molecule has 0 radical (unpaired) electrons. The Kier molecular flexibility index (Phi) is 2.83. The number of rotatable bonds is 3. The van der Waals surface area contributed by atoms with E-state index >= 15 is 0 Å². The van der Waals surface area contributed by atoms with Crippen molar-refractivity contribution in [3.63, 3.8) is 0 Å². The van der Waals surface area contributed by atoms with Gasteiger partial charge in [0.2, 0.25) is 0 Å². The molecule has 0 bridgehead atoms. The van der Waals surface area contributed by atoms with Gasteiger partial charge in [-0.2, -0.15) is 5.10 Å². The minimum Gasteiger partial charge on any atom is -0.316 e. The molecule has 1 unspecified atom stereocenters. The van der Waals surface area contributed by atoms with E-state index in [4.69, 9.17) is 0 Å². The Morgan fingerprint density at radius 3 is 3.00 bits per heavy atom. The molecule has 3 rings (SSSR count). The van der Waals surface area contributed by atoms with Crippen molar-refractivity contribution in [2.24, 2.45) is 5.92 Å². The van der Waals surface area contributed by atoms with E-state index in [0.29, 0.717) is 5.92 Å². The van der Waals surface area contributed by atoms with Crippen molar-refractivity contribution in [1.29, 1.82) is 0 Å². The third kappa shape index (κ3) is 2.19. The molecule has 0 spiro atoms. The molecule has 0 aliphatic carbocycles. The van der Waals surface area contributed by atoms with Crippen molar-refractivity contribution >= 4 is 0 Å². The summed E-state index contributed by atoms with van der Waals surface area (Å²) in [5, 5.41) is 10.2. The van der Waals surface area contributed by atoms with Crippen LogP contribution in [0.4, 0.5) is 0 Å². The molecule has 1 saturated heterocycles. The second kappa shape index (κ2) is 4.63. The molecule has 0 amide bonds. The Morgan fingerprint density at radius 2 is 2.24 bits per heavy atom. The molecular formula is C12H15N5. The van der Waals surface area contributed by atoms with Crippen molar-refractivity contribution in [2.45, 2.75) is 12.8 Å². The highest BCUT2D eigenvalue weighted by molar-refractivity contribution is 5.59. The van der Waals surface area contributed by atoms with Crippen LogP contribution >= 0.6 is 0 Å². The average Bonchev–Trinajstić information content (AvgIpc) is 3.01. The quantitative estimate of drug-likeness (QED) is 0.824. The van der Waals surface area contributed by atoms with Crippen LogP contribution in [0.25, 0.3) is 11.3 Å². The topological polar surface area (TPSA) is 66.5 Å². The van der Waals surface area contributed by atoms with E-state index in [1.165, 1.54) is 6.42 Å². The van der Waals surface area contributed by atoms with Gasteiger partial charge in [-0.15, -0.1) is 0 Å². The Balaban J connectivity index is 1.88. The highest BCUT2D eigenvalue weighted by atomic mass is 15.1. The number of nitrogens with one attached hydrogen (secondary N) is 2. The maximum atomic E-state index is 4.47. The van der Waals surface area contributed by atoms with E-state index in [2.05, 4.69) is 25.5 Å². The zero-order valence-corrected chi connectivity index (χ0v) is 9.56. The maximum absolute atomic E-state index is 4.47. The van der Waals surface area contributed by atoms with Gasteiger partial charge in [0.1, 0.15) is 0 Å². The lowest BCUT2D eigenvalue weighted by molar-refractivity contribution is 0.571. The van der Waals surface area contributed by atoms with E-state index in [0.717, 1.165) is 36.5 Å². The van der Waals surface area contributed by atoms with Gasteiger partial charge in [-0.1, -0.05) is 0 Å². The van der Waals surface area contributed by atoms with E-state index in [1.807, 2.05) is 6.20 Å². The summed E-state index contributed by atoms with van der Waals surface area (Å²) in [7, 11) is 0. The standard InChI is InChI=1S/C12H15N5/c1-2-13-6-9(1)5-11-12(15-4-3-14-11)10-7-16-17-8-10/h3-4,7-9,13H,1-2,5-6H2,(H,16,17). The fourth-order valence-electron chi connectivity index (χ4n) is 2.30. The van der Waals surface area contributed by atoms with Crippen LogP contribution in [0.2, 0.25) is 0 Å². The van der Waals surface area contributed by atoms with Gasteiger partial charge in [0.05, 0.1) is 17.6 Å². The number of aromatic amines is 1. The molecule has 88 valence electrons. The van der Waals surface area contributed by atoms with Crippen LogP contribution < -0.4 is 5.32 Å². The smallest absolute Gasteiger partial charge is 0.0948 e. The number of hydrogen-bond acceptors (Lipinski definition) is 4. The van der Waals surface area contributed by atoms with Gasteiger partial charge in [-0.05, 0) is 31.8 Å². The van der Waals surface area contributed by atoms with Crippen LogP contribution in [0, 0.1) is 5.92 Å². The lowest BCUT2D eigenvalue weighted by Crippen LogP contribution is -2.12. The summed E-state index contributed by atoms with van der Waals surface area (Å²) >= 11 is 0. The molecule has 17 heavy (non-hydrogen) atoms. The zero-order valence-electron chi connectivity index (χ0n) is 9.56. The monoisotopic (exact) mass is 229 g/mol. The van der Waals surface area contributed by atoms with Gasteiger partial charge in [-0.25, -0.2) is 0 Å². The molecule has 0 aromatic carbocycles. The van der Waals surface area contributed by atoms with Crippen molar-refractivity contribution in [1.82, 2.24) is 25.5 Å². The van der Waals surface area contributed by atoms with Gasteiger partial charge in [0.15, 0.2) is 0 Å². The van der Waals surface area contributed by atoms with Crippen molar-refractivity contribution in [2.75, 3.05) is 13.1 Å². The maximum Gasteiger partial charge on any atom is 0.0948 e. The second-order valence-corrected chi connectivity index (χ2v) is 4.40. The van der Waals surface area contributed by atoms with Gasteiger partial charge >= 0.3 is 0 Å². The third-order valence-electron chi connectivity index (χ3n) is 3.19. The highest BCUT2D eigenvalue weighted by Gasteiger charge is 2.18. The van der Waals surface area contributed by atoms with Crippen molar-refractivity contribution in [3.05, 3.63) is 30.5 Å². The SMILES string of the molecule is c1cnc(-c2cn[nH]c2)c(CC2CCNC2)n1. The Morgan fingerprint density at radius 1 is 1.29 bits per heavy atom. The lowest BCUT2D eigenvalue weighted by atomic mass is 10.00. The van der Waals surface area contributed by atoms with Gasteiger partial charge < -0.3 is 5.32 Å². The predicted octanol–water partition coefficient (Wildman–Crippen LogP) is 1.02.